The van der Waals surface area contributed by atoms with Gasteiger partial charge in [0, 0.05) is 32.2 Å². The van der Waals surface area contributed by atoms with Crippen molar-refractivity contribution in [3.8, 4) is 0 Å². The van der Waals surface area contributed by atoms with Gasteiger partial charge >= 0.3 is 0 Å². The van der Waals surface area contributed by atoms with Crippen LogP contribution in [0.1, 0.15) is 32.1 Å². The van der Waals surface area contributed by atoms with E-state index in [0.717, 1.165) is 45.2 Å². The number of rotatable bonds is 6. The second-order valence-corrected chi connectivity index (χ2v) is 5.34. The molecule has 1 aliphatic heterocycles. The average molecular weight is 253 g/mol. The summed E-state index contributed by atoms with van der Waals surface area (Å²) in [5, 5.41) is 6.90. The molecule has 2 aliphatic rings. The zero-order valence-electron chi connectivity index (χ0n) is 11.4. The van der Waals surface area contributed by atoms with Gasteiger partial charge in [-0.1, -0.05) is 25.8 Å². The van der Waals surface area contributed by atoms with E-state index in [-0.39, 0.29) is 0 Å². The monoisotopic (exact) mass is 253 g/mol. The average Bonchev–Trinajstić information content (AvgIpc) is 2.41. The van der Waals surface area contributed by atoms with Crippen LogP contribution >= 0.6 is 0 Å². The standard InChI is InChI=1S/C14H27N3O/c1-13(16-14-5-3-2-4-6-14)15-7-8-17-9-11-18-12-10-17/h14-16H,1-12H2. The van der Waals surface area contributed by atoms with E-state index < -0.39 is 0 Å². The molecule has 1 aliphatic carbocycles. The minimum absolute atomic E-state index is 0.641. The SMILES string of the molecule is C=C(NCCN1CCOCC1)NC1CCCCC1. The van der Waals surface area contributed by atoms with Crippen molar-refractivity contribution in [3.63, 3.8) is 0 Å². The third-order valence-corrected chi connectivity index (χ3v) is 3.85. The number of ether oxygens (including phenoxy) is 1. The topological polar surface area (TPSA) is 36.5 Å². The van der Waals surface area contributed by atoms with Gasteiger partial charge in [0.05, 0.1) is 19.0 Å². The highest BCUT2D eigenvalue weighted by Gasteiger charge is 2.13. The van der Waals surface area contributed by atoms with Crippen molar-refractivity contribution in [3.05, 3.63) is 12.4 Å². The van der Waals surface area contributed by atoms with Crippen molar-refractivity contribution in [1.29, 1.82) is 0 Å². The summed E-state index contributed by atoms with van der Waals surface area (Å²) >= 11 is 0. The fourth-order valence-corrected chi connectivity index (χ4v) is 2.73. The molecule has 1 saturated carbocycles. The number of hydrogen-bond donors (Lipinski definition) is 2. The first-order valence-electron chi connectivity index (χ1n) is 7.34. The van der Waals surface area contributed by atoms with Crippen molar-refractivity contribution in [1.82, 2.24) is 15.5 Å². The van der Waals surface area contributed by atoms with E-state index in [1.807, 2.05) is 0 Å². The molecule has 2 rings (SSSR count). The lowest BCUT2D eigenvalue weighted by Gasteiger charge is -2.28. The van der Waals surface area contributed by atoms with Gasteiger partial charge in [-0.2, -0.15) is 0 Å². The maximum Gasteiger partial charge on any atom is 0.0914 e. The summed E-state index contributed by atoms with van der Waals surface area (Å²) < 4.78 is 5.34. The highest BCUT2D eigenvalue weighted by atomic mass is 16.5. The maximum absolute atomic E-state index is 5.34. The maximum atomic E-state index is 5.34. The van der Waals surface area contributed by atoms with Crippen LogP contribution in [0.25, 0.3) is 0 Å². The van der Waals surface area contributed by atoms with Gasteiger partial charge in [-0.15, -0.1) is 0 Å². The quantitative estimate of drug-likeness (QED) is 0.748. The molecule has 0 bridgehead atoms. The van der Waals surface area contributed by atoms with E-state index in [1.54, 1.807) is 0 Å². The first kappa shape index (κ1) is 13.7. The minimum atomic E-state index is 0.641. The van der Waals surface area contributed by atoms with Crippen molar-refractivity contribution < 1.29 is 4.74 Å². The van der Waals surface area contributed by atoms with Gasteiger partial charge in [0.2, 0.25) is 0 Å². The Balaban J connectivity index is 1.53. The molecule has 18 heavy (non-hydrogen) atoms. The third kappa shape index (κ3) is 4.86. The molecule has 0 atom stereocenters. The van der Waals surface area contributed by atoms with Gasteiger partial charge in [-0.3, -0.25) is 4.90 Å². The van der Waals surface area contributed by atoms with Crippen molar-refractivity contribution >= 4 is 0 Å². The predicted octanol–water partition coefficient (Wildman–Crippen LogP) is 1.30. The fourth-order valence-electron chi connectivity index (χ4n) is 2.73. The number of morpholine rings is 1. The lowest BCUT2D eigenvalue weighted by Crippen LogP contribution is -2.42. The Morgan fingerprint density at radius 1 is 1.17 bits per heavy atom. The summed E-state index contributed by atoms with van der Waals surface area (Å²) in [7, 11) is 0. The van der Waals surface area contributed by atoms with E-state index in [9.17, 15) is 0 Å². The Labute approximate surface area is 111 Å². The van der Waals surface area contributed by atoms with Crippen LogP contribution in [0.15, 0.2) is 12.4 Å². The van der Waals surface area contributed by atoms with Crippen molar-refractivity contribution in [2.75, 3.05) is 39.4 Å². The molecular weight excluding hydrogens is 226 g/mol. The number of nitrogens with one attached hydrogen (secondary N) is 2. The minimum Gasteiger partial charge on any atom is -0.379 e. The molecule has 4 heteroatoms. The van der Waals surface area contributed by atoms with E-state index in [2.05, 4.69) is 22.1 Å². The summed E-state index contributed by atoms with van der Waals surface area (Å²) in [4.78, 5) is 2.43. The fraction of sp³-hybridized carbons (Fsp3) is 0.857. The van der Waals surface area contributed by atoms with Crippen LogP contribution in [0, 0.1) is 0 Å². The zero-order valence-corrected chi connectivity index (χ0v) is 11.4. The van der Waals surface area contributed by atoms with Crippen LogP contribution in [-0.2, 0) is 4.74 Å². The Bertz CT molecular complexity index is 245. The molecule has 2 fully saturated rings. The molecule has 0 aromatic rings. The van der Waals surface area contributed by atoms with Gasteiger partial charge in [-0.05, 0) is 12.8 Å². The van der Waals surface area contributed by atoms with E-state index in [0.29, 0.717) is 6.04 Å². The summed E-state index contributed by atoms with van der Waals surface area (Å²) in [5.74, 6) is 0.996. The summed E-state index contributed by atoms with van der Waals surface area (Å²) in [6, 6.07) is 0.641. The first-order chi connectivity index (χ1) is 8.84. The molecule has 0 amide bonds. The van der Waals surface area contributed by atoms with E-state index >= 15 is 0 Å². The summed E-state index contributed by atoms with van der Waals surface area (Å²) in [6.07, 6.45) is 6.71. The van der Waals surface area contributed by atoms with Gasteiger partial charge < -0.3 is 15.4 Å². The van der Waals surface area contributed by atoms with E-state index in [1.165, 1.54) is 32.1 Å². The number of nitrogens with zero attached hydrogens (tertiary/aromatic N) is 1. The van der Waals surface area contributed by atoms with Gasteiger partial charge in [0.25, 0.3) is 0 Å². The Hall–Kier alpha value is -0.740. The normalized spacial score (nSPS) is 22.7. The Morgan fingerprint density at radius 3 is 2.61 bits per heavy atom. The molecule has 0 aromatic heterocycles. The van der Waals surface area contributed by atoms with E-state index in [4.69, 9.17) is 4.74 Å². The van der Waals surface area contributed by atoms with Crippen LogP contribution < -0.4 is 10.6 Å². The highest BCUT2D eigenvalue weighted by Crippen LogP contribution is 2.17. The second-order valence-electron chi connectivity index (χ2n) is 5.34. The molecular formula is C14H27N3O. The molecule has 0 radical (unpaired) electrons. The molecule has 0 spiro atoms. The van der Waals surface area contributed by atoms with Gasteiger partial charge in [0.1, 0.15) is 0 Å². The Morgan fingerprint density at radius 2 is 1.89 bits per heavy atom. The third-order valence-electron chi connectivity index (χ3n) is 3.85. The van der Waals surface area contributed by atoms with Crippen LogP contribution in [0.3, 0.4) is 0 Å². The summed E-state index contributed by atoms with van der Waals surface area (Å²) in [5.41, 5.74) is 0. The molecule has 0 aromatic carbocycles. The molecule has 1 heterocycles. The molecule has 1 saturated heterocycles. The van der Waals surface area contributed by atoms with Crippen molar-refractivity contribution in [2.45, 2.75) is 38.1 Å². The number of hydrogen-bond acceptors (Lipinski definition) is 4. The zero-order chi connectivity index (χ0) is 12.6. The first-order valence-corrected chi connectivity index (χ1v) is 7.34. The van der Waals surface area contributed by atoms with Crippen LogP contribution in [-0.4, -0.2) is 50.3 Å². The second kappa shape index (κ2) is 7.64. The summed E-state index contributed by atoms with van der Waals surface area (Å²) in [6.45, 7) is 9.99. The Kier molecular flexibility index (Phi) is 5.81. The molecule has 2 N–H and O–H groups in total. The largest absolute Gasteiger partial charge is 0.379 e. The van der Waals surface area contributed by atoms with Crippen LogP contribution in [0.2, 0.25) is 0 Å². The lowest BCUT2D eigenvalue weighted by molar-refractivity contribution is 0.0386. The molecule has 4 nitrogen and oxygen atoms in total. The molecule has 0 unspecified atom stereocenters. The van der Waals surface area contributed by atoms with Gasteiger partial charge in [0.15, 0.2) is 0 Å². The lowest BCUT2D eigenvalue weighted by atomic mass is 9.96. The van der Waals surface area contributed by atoms with Crippen LogP contribution in [0.5, 0.6) is 0 Å². The van der Waals surface area contributed by atoms with Crippen LogP contribution in [0.4, 0.5) is 0 Å². The highest BCUT2D eigenvalue weighted by molar-refractivity contribution is 4.92. The van der Waals surface area contributed by atoms with Gasteiger partial charge in [-0.25, -0.2) is 0 Å². The smallest absolute Gasteiger partial charge is 0.0914 e. The predicted molar refractivity (Wildman–Crippen MR) is 74.4 cm³/mol. The molecule has 104 valence electrons. The van der Waals surface area contributed by atoms with Crippen molar-refractivity contribution in [2.24, 2.45) is 0 Å².